The standard InChI is InChI=1S/C28H28Cl2N2O4/c29-22-5-2-6-23(30)24(22)25-21(26(36-31-25)17-7-8-17)16-35-20-14-28(15-20)9-11-32(12-10-28)19-4-1-3-18(13-19)27(33)34/h1-6,13,17,20H,7-12,14-16H2,(H,33,34). The summed E-state index contributed by atoms with van der Waals surface area (Å²) >= 11 is 13.0. The van der Waals surface area contributed by atoms with Crippen molar-refractivity contribution in [3.05, 3.63) is 69.4 Å². The molecule has 2 saturated carbocycles. The van der Waals surface area contributed by atoms with Gasteiger partial charge in [-0.2, -0.15) is 0 Å². The summed E-state index contributed by atoms with van der Waals surface area (Å²) in [4.78, 5) is 13.6. The predicted octanol–water partition coefficient (Wildman–Crippen LogP) is 7.19. The van der Waals surface area contributed by atoms with E-state index in [0.717, 1.165) is 68.6 Å². The van der Waals surface area contributed by atoms with E-state index >= 15 is 0 Å². The maximum absolute atomic E-state index is 11.3. The van der Waals surface area contributed by atoms with E-state index in [4.69, 9.17) is 32.5 Å². The first-order valence-corrected chi connectivity index (χ1v) is 13.3. The monoisotopic (exact) mass is 526 g/mol. The van der Waals surface area contributed by atoms with Crippen LogP contribution >= 0.6 is 23.2 Å². The van der Waals surface area contributed by atoms with Crippen LogP contribution in [0.5, 0.6) is 0 Å². The van der Waals surface area contributed by atoms with Crippen molar-refractivity contribution in [1.29, 1.82) is 0 Å². The largest absolute Gasteiger partial charge is 0.478 e. The minimum Gasteiger partial charge on any atom is -0.478 e. The molecule has 1 N–H and O–H groups in total. The molecule has 1 aliphatic heterocycles. The van der Waals surface area contributed by atoms with Crippen LogP contribution in [0.15, 0.2) is 47.0 Å². The third-order valence-corrected chi connectivity index (χ3v) is 8.66. The Morgan fingerprint density at radius 2 is 1.81 bits per heavy atom. The Morgan fingerprint density at radius 1 is 1.11 bits per heavy atom. The smallest absolute Gasteiger partial charge is 0.335 e. The van der Waals surface area contributed by atoms with Gasteiger partial charge in [-0.3, -0.25) is 0 Å². The number of hydrogen-bond acceptors (Lipinski definition) is 5. The van der Waals surface area contributed by atoms with Crippen molar-refractivity contribution < 1.29 is 19.2 Å². The van der Waals surface area contributed by atoms with Gasteiger partial charge in [-0.05, 0) is 74.3 Å². The van der Waals surface area contributed by atoms with Crippen molar-refractivity contribution in [3.63, 3.8) is 0 Å². The first-order chi connectivity index (χ1) is 17.4. The summed E-state index contributed by atoms with van der Waals surface area (Å²) in [6.45, 7) is 2.31. The summed E-state index contributed by atoms with van der Waals surface area (Å²) in [5, 5.41) is 14.8. The number of carbonyl (C=O) groups is 1. The maximum atomic E-state index is 11.3. The highest BCUT2D eigenvalue weighted by atomic mass is 35.5. The third-order valence-electron chi connectivity index (χ3n) is 8.03. The van der Waals surface area contributed by atoms with Gasteiger partial charge in [-0.1, -0.05) is 40.5 Å². The summed E-state index contributed by atoms with van der Waals surface area (Å²) in [5.41, 5.74) is 4.01. The molecule has 3 aromatic rings. The molecule has 1 spiro atoms. The second-order valence-corrected chi connectivity index (χ2v) is 11.2. The molecule has 0 atom stereocenters. The van der Waals surface area contributed by atoms with Crippen molar-refractivity contribution >= 4 is 34.9 Å². The van der Waals surface area contributed by atoms with Gasteiger partial charge in [-0.15, -0.1) is 0 Å². The van der Waals surface area contributed by atoms with Crippen molar-refractivity contribution in [2.75, 3.05) is 18.0 Å². The Hall–Kier alpha value is -2.54. The van der Waals surface area contributed by atoms with Crippen LogP contribution in [0.3, 0.4) is 0 Å². The molecule has 8 heteroatoms. The first kappa shape index (κ1) is 23.8. The quantitative estimate of drug-likeness (QED) is 0.351. The van der Waals surface area contributed by atoms with E-state index in [2.05, 4.69) is 10.1 Å². The number of ether oxygens (including phenoxy) is 1. The van der Waals surface area contributed by atoms with E-state index in [-0.39, 0.29) is 6.10 Å². The SMILES string of the molecule is O=C(O)c1cccc(N2CCC3(CC2)CC(OCc2c(-c4c(Cl)cccc4Cl)noc2C2CC2)C3)c1. The van der Waals surface area contributed by atoms with Gasteiger partial charge in [0.15, 0.2) is 0 Å². The first-order valence-electron chi connectivity index (χ1n) is 12.6. The minimum absolute atomic E-state index is 0.211. The molecule has 36 heavy (non-hydrogen) atoms. The third kappa shape index (κ3) is 4.51. The lowest BCUT2D eigenvalue weighted by Crippen LogP contribution is -2.50. The van der Waals surface area contributed by atoms with E-state index < -0.39 is 5.97 Å². The Morgan fingerprint density at radius 3 is 2.47 bits per heavy atom. The lowest BCUT2D eigenvalue weighted by molar-refractivity contribution is -0.0979. The molecule has 2 aliphatic carbocycles. The number of benzene rings is 2. The summed E-state index contributed by atoms with van der Waals surface area (Å²) in [7, 11) is 0. The number of carboxylic acids is 1. The van der Waals surface area contributed by atoms with Gasteiger partial charge in [0.1, 0.15) is 11.5 Å². The lowest BCUT2D eigenvalue weighted by Gasteiger charge is -2.52. The van der Waals surface area contributed by atoms with Crippen LogP contribution in [0.25, 0.3) is 11.3 Å². The lowest BCUT2D eigenvalue weighted by atomic mass is 9.61. The average Bonchev–Trinajstić information content (AvgIpc) is 3.62. The molecule has 2 aromatic carbocycles. The van der Waals surface area contributed by atoms with E-state index in [0.29, 0.717) is 44.8 Å². The molecule has 188 valence electrons. The van der Waals surface area contributed by atoms with E-state index in [1.807, 2.05) is 30.3 Å². The number of piperidine rings is 1. The summed E-state index contributed by atoms with van der Waals surface area (Å²) in [6, 6.07) is 12.7. The van der Waals surface area contributed by atoms with Crippen LogP contribution in [-0.4, -0.2) is 35.4 Å². The fourth-order valence-electron chi connectivity index (χ4n) is 5.76. The van der Waals surface area contributed by atoms with Gasteiger partial charge in [-0.25, -0.2) is 4.79 Å². The number of hydrogen-bond donors (Lipinski definition) is 1. The summed E-state index contributed by atoms with van der Waals surface area (Å²) in [5.74, 6) is 0.427. The van der Waals surface area contributed by atoms with E-state index in [1.165, 1.54) is 0 Å². The number of aromatic carboxylic acids is 1. The molecule has 3 fully saturated rings. The topological polar surface area (TPSA) is 75.8 Å². The van der Waals surface area contributed by atoms with Gasteiger partial charge < -0.3 is 19.3 Å². The molecule has 0 amide bonds. The Labute approximate surface area is 220 Å². The Bertz CT molecular complexity index is 1270. The molecule has 1 saturated heterocycles. The van der Waals surface area contributed by atoms with Crippen molar-refractivity contribution in [3.8, 4) is 11.3 Å². The second kappa shape index (κ2) is 9.40. The van der Waals surface area contributed by atoms with Crippen LogP contribution in [-0.2, 0) is 11.3 Å². The predicted molar refractivity (Wildman–Crippen MR) is 139 cm³/mol. The molecule has 0 unspecified atom stereocenters. The molecule has 6 nitrogen and oxygen atoms in total. The number of halogens is 2. The van der Waals surface area contributed by atoms with Crippen LogP contribution in [0, 0.1) is 5.41 Å². The highest BCUT2D eigenvalue weighted by molar-refractivity contribution is 6.39. The van der Waals surface area contributed by atoms with Crippen molar-refractivity contribution in [1.82, 2.24) is 5.16 Å². The molecule has 3 aliphatic rings. The van der Waals surface area contributed by atoms with Gasteiger partial charge in [0.25, 0.3) is 0 Å². The molecule has 0 bridgehead atoms. The number of rotatable bonds is 7. The van der Waals surface area contributed by atoms with Crippen LogP contribution in [0.4, 0.5) is 5.69 Å². The zero-order valence-electron chi connectivity index (χ0n) is 19.9. The summed E-state index contributed by atoms with van der Waals surface area (Å²) < 4.78 is 12.2. The number of aromatic nitrogens is 1. The Kier molecular flexibility index (Phi) is 6.22. The van der Waals surface area contributed by atoms with Crippen LogP contribution in [0.2, 0.25) is 10.0 Å². The van der Waals surface area contributed by atoms with Crippen molar-refractivity contribution in [2.45, 2.75) is 57.2 Å². The van der Waals surface area contributed by atoms with Gasteiger partial charge in [0, 0.05) is 35.8 Å². The number of nitrogens with zero attached hydrogens (tertiary/aromatic N) is 2. The average molecular weight is 527 g/mol. The minimum atomic E-state index is -0.887. The highest BCUT2D eigenvalue weighted by Gasteiger charge is 2.46. The fourth-order valence-corrected chi connectivity index (χ4v) is 6.33. The molecule has 6 rings (SSSR count). The molecular weight excluding hydrogens is 499 g/mol. The molecule has 2 heterocycles. The van der Waals surface area contributed by atoms with Gasteiger partial charge in [0.05, 0.1) is 28.3 Å². The fraction of sp³-hybridized carbons (Fsp3) is 0.429. The van der Waals surface area contributed by atoms with Gasteiger partial charge in [0.2, 0.25) is 0 Å². The summed E-state index contributed by atoms with van der Waals surface area (Å²) in [6.07, 6.45) is 6.69. The zero-order chi connectivity index (χ0) is 24.9. The van der Waals surface area contributed by atoms with Crippen LogP contribution in [0.1, 0.15) is 66.1 Å². The number of carboxylic acid groups (broad SMARTS) is 1. The van der Waals surface area contributed by atoms with Gasteiger partial charge >= 0.3 is 5.97 Å². The maximum Gasteiger partial charge on any atom is 0.335 e. The van der Waals surface area contributed by atoms with E-state index in [1.54, 1.807) is 12.1 Å². The Balaban J connectivity index is 1.09. The van der Waals surface area contributed by atoms with Crippen molar-refractivity contribution in [2.24, 2.45) is 5.41 Å². The normalized spacial score (nSPS) is 19.4. The highest BCUT2D eigenvalue weighted by Crippen LogP contribution is 2.52. The molecule has 1 aromatic heterocycles. The number of anilines is 1. The molecule has 0 radical (unpaired) electrons. The second-order valence-electron chi connectivity index (χ2n) is 10.4. The molecular formula is C28H28Cl2N2O4. The zero-order valence-corrected chi connectivity index (χ0v) is 21.4. The van der Waals surface area contributed by atoms with Crippen LogP contribution < -0.4 is 4.90 Å². The van der Waals surface area contributed by atoms with E-state index in [9.17, 15) is 9.90 Å².